The van der Waals surface area contributed by atoms with E-state index in [9.17, 15) is 0 Å². The average molecular weight is 219 g/mol. The maximum Gasteiger partial charge on any atom is 0.183 e. The van der Waals surface area contributed by atoms with Crippen molar-refractivity contribution in [2.24, 2.45) is 7.05 Å². The first-order valence-electron chi connectivity index (χ1n) is 4.82. The van der Waals surface area contributed by atoms with Crippen molar-refractivity contribution in [1.82, 2.24) is 19.5 Å². The van der Waals surface area contributed by atoms with Crippen molar-refractivity contribution in [2.75, 3.05) is 12.8 Å². The van der Waals surface area contributed by atoms with Crippen LogP contribution in [0, 0.1) is 0 Å². The van der Waals surface area contributed by atoms with E-state index < -0.39 is 0 Å². The molecule has 0 saturated heterocycles. The summed E-state index contributed by atoms with van der Waals surface area (Å²) >= 11 is 0. The number of rotatable bonds is 3. The monoisotopic (exact) mass is 219 g/mol. The van der Waals surface area contributed by atoms with Crippen molar-refractivity contribution in [3.05, 3.63) is 30.2 Å². The second kappa shape index (κ2) is 4.18. The van der Waals surface area contributed by atoms with E-state index in [1.54, 1.807) is 13.3 Å². The topological polar surface area (TPSA) is 78.8 Å². The van der Waals surface area contributed by atoms with E-state index in [1.807, 2.05) is 17.8 Å². The van der Waals surface area contributed by atoms with E-state index in [4.69, 9.17) is 10.5 Å². The number of anilines is 1. The van der Waals surface area contributed by atoms with Gasteiger partial charge in [0.1, 0.15) is 12.2 Å². The van der Waals surface area contributed by atoms with E-state index >= 15 is 0 Å². The standard InChI is InChI=1S/C10H13N5O/c1-15-4-3-12-8(15)5-7-9(16-2)10(11)14-6-13-7/h3-4,6H,5H2,1-2H3,(H2,11,13,14). The number of imidazole rings is 1. The predicted molar refractivity (Wildman–Crippen MR) is 59.0 cm³/mol. The number of nitrogens with zero attached hydrogens (tertiary/aromatic N) is 4. The van der Waals surface area contributed by atoms with Crippen molar-refractivity contribution in [3.63, 3.8) is 0 Å². The van der Waals surface area contributed by atoms with Crippen LogP contribution in [-0.2, 0) is 13.5 Å². The summed E-state index contributed by atoms with van der Waals surface area (Å²) in [5, 5.41) is 0. The zero-order valence-electron chi connectivity index (χ0n) is 9.21. The molecular weight excluding hydrogens is 206 g/mol. The molecule has 0 radical (unpaired) electrons. The van der Waals surface area contributed by atoms with Gasteiger partial charge in [0.05, 0.1) is 19.2 Å². The van der Waals surface area contributed by atoms with Gasteiger partial charge in [0.15, 0.2) is 11.6 Å². The summed E-state index contributed by atoms with van der Waals surface area (Å²) in [6.45, 7) is 0. The first-order chi connectivity index (χ1) is 7.72. The van der Waals surface area contributed by atoms with Crippen LogP contribution in [0.4, 0.5) is 5.82 Å². The molecule has 0 amide bonds. The Morgan fingerprint density at radius 2 is 2.19 bits per heavy atom. The second-order valence-electron chi connectivity index (χ2n) is 3.37. The minimum absolute atomic E-state index is 0.349. The van der Waals surface area contributed by atoms with Gasteiger partial charge in [-0.05, 0) is 0 Å². The van der Waals surface area contributed by atoms with Crippen molar-refractivity contribution in [2.45, 2.75) is 6.42 Å². The van der Waals surface area contributed by atoms with Gasteiger partial charge in [0, 0.05) is 19.4 Å². The van der Waals surface area contributed by atoms with Crippen molar-refractivity contribution < 1.29 is 4.74 Å². The van der Waals surface area contributed by atoms with Gasteiger partial charge in [-0.15, -0.1) is 0 Å². The molecule has 0 aliphatic carbocycles. The lowest BCUT2D eigenvalue weighted by molar-refractivity contribution is 0.407. The van der Waals surface area contributed by atoms with E-state index in [1.165, 1.54) is 6.33 Å². The number of aromatic nitrogens is 4. The van der Waals surface area contributed by atoms with Gasteiger partial charge in [-0.25, -0.2) is 15.0 Å². The van der Waals surface area contributed by atoms with Gasteiger partial charge >= 0.3 is 0 Å². The molecule has 0 bridgehead atoms. The Hall–Kier alpha value is -2.11. The van der Waals surface area contributed by atoms with Gasteiger partial charge in [-0.1, -0.05) is 0 Å². The highest BCUT2D eigenvalue weighted by Crippen LogP contribution is 2.23. The van der Waals surface area contributed by atoms with E-state index in [0.29, 0.717) is 18.0 Å². The van der Waals surface area contributed by atoms with Crippen LogP contribution in [0.25, 0.3) is 0 Å². The summed E-state index contributed by atoms with van der Waals surface area (Å²) in [6, 6.07) is 0. The van der Waals surface area contributed by atoms with Gasteiger partial charge in [-0.2, -0.15) is 0 Å². The van der Waals surface area contributed by atoms with Gasteiger partial charge < -0.3 is 15.0 Å². The van der Waals surface area contributed by atoms with Gasteiger partial charge in [0.2, 0.25) is 0 Å². The minimum Gasteiger partial charge on any atom is -0.491 e. The Bertz CT molecular complexity index is 494. The Balaban J connectivity index is 2.35. The number of hydrogen-bond donors (Lipinski definition) is 1. The molecule has 6 heteroatoms. The van der Waals surface area contributed by atoms with Crippen LogP contribution in [0.1, 0.15) is 11.5 Å². The maximum absolute atomic E-state index is 5.70. The van der Waals surface area contributed by atoms with Crippen molar-refractivity contribution in [1.29, 1.82) is 0 Å². The molecule has 0 aliphatic heterocycles. The lowest BCUT2D eigenvalue weighted by Gasteiger charge is -2.08. The summed E-state index contributed by atoms with van der Waals surface area (Å²) in [4.78, 5) is 12.3. The molecule has 0 aliphatic rings. The first-order valence-corrected chi connectivity index (χ1v) is 4.82. The van der Waals surface area contributed by atoms with Crippen molar-refractivity contribution >= 4 is 5.82 Å². The summed E-state index contributed by atoms with van der Waals surface area (Å²) < 4.78 is 7.11. The zero-order chi connectivity index (χ0) is 11.5. The van der Waals surface area contributed by atoms with Crippen LogP contribution in [0.3, 0.4) is 0 Å². The highest BCUT2D eigenvalue weighted by atomic mass is 16.5. The molecular formula is C10H13N5O. The van der Waals surface area contributed by atoms with Crippen molar-refractivity contribution in [3.8, 4) is 5.75 Å². The molecule has 2 aromatic rings. The third-order valence-electron chi connectivity index (χ3n) is 2.36. The highest BCUT2D eigenvalue weighted by Gasteiger charge is 2.11. The van der Waals surface area contributed by atoms with Crippen LogP contribution in [-0.4, -0.2) is 26.6 Å². The quantitative estimate of drug-likeness (QED) is 0.808. The molecule has 84 valence electrons. The number of ether oxygens (including phenoxy) is 1. The molecule has 16 heavy (non-hydrogen) atoms. The van der Waals surface area contributed by atoms with E-state index in [-0.39, 0.29) is 0 Å². The summed E-state index contributed by atoms with van der Waals surface area (Å²) in [5.41, 5.74) is 6.44. The fourth-order valence-electron chi connectivity index (χ4n) is 1.49. The van der Waals surface area contributed by atoms with E-state index in [0.717, 1.165) is 11.5 Å². The smallest absolute Gasteiger partial charge is 0.183 e. The Labute approximate surface area is 93.1 Å². The lowest BCUT2D eigenvalue weighted by Crippen LogP contribution is -2.06. The summed E-state index contributed by atoms with van der Waals surface area (Å²) in [5.74, 6) is 1.77. The molecule has 2 aromatic heterocycles. The summed E-state index contributed by atoms with van der Waals surface area (Å²) in [7, 11) is 3.48. The number of hydrogen-bond acceptors (Lipinski definition) is 5. The van der Waals surface area contributed by atoms with Crippen LogP contribution >= 0.6 is 0 Å². The SMILES string of the molecule is COc1c(N)ncnc1Cc1nccn1C. The molecule has 0 atom stereocenters. The predicted octanol–water partition coefficient (Wildman–Crippen LogP) is 0.392. The largest absolute Gasteiger partial charge is 0.491 e. The molecule has 0 saturated carbocycles. The molecule has 0 aromatic carbocycles. The maximum atomic E-state index is 5.70. The van der Waals surface area contributed by atoms with Crippen LogP contribution in [0.2, 0.25) is 0 Å². The molecule has 2 heterocycles. The normalized spacial score (nSPS) is 10.4. The number of nitrogen functional groups attached to an aromatic ring is 1. The van der Waals surface area contributed by atoms with Crippen LogP contribution in [0.5, 0.6) is 5.75 Å². The molecule has 0 spiro atoms. The average Bonchev–Trinajstić information content (AvgIpc) is 2.65. The Kier molecular flexibility index (Phi) is 2.72. The Morgan fingerprint density at radius 3 is 2.81 bits per heavy atom. The van der Waals surface area contributed by atoms with Crippen LogP contribution in [0.15, 0.2) is 18.7 Å². The fourth-order valence-corrected chi connectivity index (χ4v) is 1.49. The molecule has 0 unspecified atom stereocenters. The van der Waals surface area contributed by atoms with Gasteiger partial charge in [0.25, 0.3) is 0 Å². The third-order valence-corrected chi connectivity index (χ3v) is 2.36. The van der Waals surface area contributed by atoms with Crippen LogP contribution < -0.4 is 10.5 Å². The molecule has 2 rings (SSSR count). The third kappa shape index (κ3) is 1.81. The number of aryl methyl sites for hydroxylation is 1. The number of nitrogens with two attached hydrogens (primary N) is 1. The highest BCUT2D eigenvalue weighted by molar-refractivity contribution is 5.48. The lowest BCUT2D eigenvalue weighted by atomic mass is 10.2. The minimum atomic E-state index is 0.349. The first kappa shape index (κ1) is 10.4. The molecule has 0 fully saturated rings. The Morgan fingerprint density at radius 1 is 1.38 bits per heavy atom. The fraction of sp³-hybridized carbons (Fsp3) is 0.300. The van der Waals surface area contributed by atoms with E-state index in [2.05, 4.69) is 15.0 Å². The molecule has 6 nitrogen and oxygen atoms in total. The molecule has 2 N–H and O–H groups in total. The second-order valence-corrected chi connectivity index (χ2v) is 3.37. The van der Waals surface area contributed by atoms with Gasteiger partial charge in [-0.3, -0.25) is 0 Å². The zero-order valence-corrected chi connectivity index (χ0v) is 9.21. The number of methoxy groups -OCH3 is 1. The summed E-state index contributed by atoms with van der Waals surface area (Å²) in [6.07, 6.45) is 5.62.